The molecule has 1 fully saturated rings. The van der Waals surface area contributed by atoms with Gasteiger partial charge in [-0.2, -0.15) is 0 Å². The summed E-state index contributed by atoms with van der Waals surface area (Å²) in [4.78, 5) is 39.2. The van der Waals surface area contributed by atoms with Gasteiger partial charge in [-0.15, -0.1) is 22.7 Å². The molecule has 0 unspecified atom stereocenters. The average Bonchev–Trinajstić information content (AvgIpc) is 3.51. The fourth-order valence-corrected chi connectivity index (χ4v) is 6.47. The molecule has 0 saturated carbocycles. The Bertz CT molecular complexity index is 1370. The first-order valence-electron chi connectivity index (χ1n) is 11.2. The molecular weight excluding hydrogens is 490 g/mol. The maximum Gasteiger partial charge on any atom is 0.274 e. The van der Waals surface area contributed by atoms with Gasteiger partial charge in [0.05, 0.1) is 15.6 Å². The Morgan fingerprint density at radius 3 is 2.85 bits per heavy atom. The predicted octanol–water partition coefficient (Wildman–Crippen LogP) is 5.21. The lowest BCUT2D eigenvalue weighted by atomic mass is 10.0. The van der Waals surface area contributed by atoms with Crippen LogP contribution >= 0.6 is 34.3 Å². The fraction of sp³-hybridized carbons (Fsp3) is 0.333. The summed E-state index contributed by atoms with van der Waals surface area (Å²) in [6.45, 7) is 4.75. The van der Waals surface area contributed by atoms with Gasteiger partial charge in [-0.05, 0) is 39.2 Å². The van der Waals surface area contributed by atoms with Gasteiger partial charge in [-0.25, -0.2) is 9.97 Å². The number of halogens is 1. The molecule has 1 atom stereocenters. The van der Waals surface area contributed by atoms with Crippen LogP contribution in [0.1, 0.15) is 50.9 Å². The smallest absolute Gasteiger partial charge is 0.274 e. The van der Waals surface area contributed by atoms with Crippen LogP contribution in [0.15, 0.2) is 35.8 Å². The number of benzene rings is 1. The molecule has 1 N–H and O–H groups in total. The van der Waals surface area contributed by atoms with Gasteiger partial charge in [-0.1, -0.05) is 29.8 Å². The quantitative estimate of drug-likeness (QED) is 0.397. The average molecular weight is 514 g/mol. The van der Waals surface area contributed by atoms with Gasteiger partial charge < -0.3 is 10.2 Å². The molecule has 0 aliphatic carbocycles. The number of aromatic nitrogens is 3. The van der Waals surface area contributed by atoms with Crippen LogP contribution < -0.4 is 5.32 Å². The number of carbonyl (C=O) groups excluding carboxylic acids is 2. The highest BCUT2D eigenvalue weighted by atomic mass is 35.5. The van der Waals surface area contributed by atoms with Gasteiger partial charge in [0, 0.05) is 41.3 Å². The summed E-state index contributed by atoms with van der Waals surface area (Å²) >= 11 is 9.41. The lowest BCUT2D eigenvalue weighted by Gasteiger charge is -2.35. The Balaban J connectivity index is 1.37. The Labute approximate surface area is 210 Å². The SMILES string of the molecule is Cc1nc(C(=O)N2CCCC[C@H]2CNC(=O)c2c(C)nc3sccn23)c(-c2ccccc2Cl)s1. The second-order valence-electron chi connectivity index (χ2n) is 8.35. The number of hydrogen-bond donors (Lipinski definition) is 1. The first kappa shape index (κ1) is 23.0. The molecule has 0 radical (unpaired) electrons. The van der Waals surface area contributed by atoms with Crippen molar-refractivity contribution in [3.8, 4) is 10.4 Å². The minimum atomic E-state index is -0.178. The molecule has 1 aliphatic rings. The van der Waals surface area contributed by atoms with Crippen molar-refractivity contribution in [2.45, 2.75) is 39.2 Å². The summed E-state index contributed by atoms with van der Waals surface area (Å²) in [7, 11) is 0. The number of aryl methyl sites for hydroxylation is 2. The van der Waals surface area contributed by atoms with Gasteiger partial charge in [0.15, 0.2) is 4.96 Å². The summed E-state index contributed by atoms with van der Waals surface area (Å²) in [5.41, 5.74) is 2.49. The third-order valence-corrected chi connectivity index (χ3v) is 8.18. The minimum absolute atomic E-state index is 0.0995. The van der Waals surface area contributed by atoms with Crippen LogP contribution in [0.5, 0.6) is 0 Å². The van der Waals surface area contributed by atoms with E-state index in [-0.39, 0.29) is 17.9 Å². The van der Waals surface area contributed by atoms with Crippen LogP contribution in [0.25, 0.3) is 15.4 Å². The molecule has 2 amide bonds. The number of amides is 2. The largest absolute Gasteiger partial charge is 0.349 e. The van der Waals surface area contributed by atoms with E-state index in [1.54, 1.807) is 0 Å². The van der Waals surface area contributed by atoms with Gasteiger partial charge in [0.25, 0.3) is 11.8 Å². The van der Waals surface area contributed by atoms with E-state index >= 15 is 0 Å². The third kappa shape index (κ3) is 4.23. The lowest BCUT2D eigenvalue weighted by molar-refractivity contribution is 0.0597. The van der Waals surface area contributed by atoms with Crippen molar-refractivity contribution >= 4 is 51.0 Å². The van der Waals surface area contributed by atoms with Crippen LogP contribution in [-0.2, 0) is 0 Å². The number of imidazole rings is 1. The number of nitrogens with one attached hydrogen (secondary N) is 1. The Morgan fingerprint density at radius 1 is 1.21 bits per heavy atom. The number of carbonyl (C=O) groups is 2. The van der Waals surface area contributed by atoms with Crippen LogP contribution in [-0.4, -0.2) is 50.2 Å². The first-order valence-corrected chi connectivity index (χ1v) is 13.2. The molecule has 1 aliphatic heterocycles. The van der Waals surface area contributed by atoms with Crippen LogP contribution in [0, 0.1) is 13.8 Å². The number of likely N-dealkylation sites (tertiary alicyclic amines) is 1. The summed E-state index contributed by atoms with van der Waals surface area (Å²) in [6, 6.07) is 7.42. The zero-order chi connectivity index (χ0) is 23.8. The number of thiazole rings is 2. The van der Waals surface area contributed by atoms with Crippen molar-refractivity contribution in [2.24, 2.45) is 0 Å². The van der Waals surface area contributed by atoms with Gasteiger partial charge in [0.1, 0.15) is 11.4 Å². The van der Waals surface area contributed by atoms with Crippen molar-refractivity contribution < 1.29 is 9.59 Å². The monoisotopic (exact) mass is 513 g/mol. The maximum absolute atomic E-state index is 13.7. The molecule has 10 heteroatoms. The third-order valence-electron chi connectivity index (χ3n) is 6.09. The molecule has 7 nitrogen and oxygen atoms in total. The minimum Gasteiger partial charge on any atom is -0.349 e. The molecule has 1 saturated heterocycles. The van der Waals surface area contributed by atoms with Crippen LogP contribution in [0.3, 0.4) is 0 Å². The number of rotatable bonds is 5. The Kier molecular flexibility index (Phi) is 6.42. The Hall–Kier alpha value is -2.75. The second-order valence-corrected chi connectivity index (χ2v) is 10.8. The highest BCUT2D eigenvalue weighted by Crippen LogP contribution is 2.36. The van der Waals surface area contributed by atoms with Crippen LogP contribution in [0.4, 0.5) is 0 Å². The van der Waals surface area contributed by atoms with Crippen molar-refractivity contribution in [1.82, 2.24) is 24.6 Å². The highest BCUT2D eigenvalue weighted by molar-refractivity contribution is 7.15. The summed E-state index contributed by atoms with van der Waals surface area (Å²) < 4.78 is 1.81. The molecule has 0 bridgehead atoms. The zero-order valence-corrected chi connectivity index (χ0v) is 21.3. The van der Waals surface area contributed by atoms with E-state index in [0.29, 0.717) is 35.2 Å². The number of fused-ring (bicyclic) bond motifs is 1. The molecule has 0 spiro atoms. The predicted molar refractivity (Wildman–Crippen MR) is 136 cm³/mol. The number of hydrogen-bond acceptors (Lipinski definition) is 6. The lowest BCUT2D eigenvalue weighted by Crippen LogP contribution is -2.49. The van der Waals surface area contributed by atoms with Crippen molar-refractivity contribution in [3.05, 3.63) is 63.0 Å². The molecular formula is C24H24ClN5O2S2. The fourth-order valence-electron chi connectivity index (χ4n) is 4.48. The summed E-state index contributed by atoms with van der Waals surface area (Å²) in [5.74, 6) is -0.290. The van der Waals surface area contributed by atoms with Crippen molar-refractivity contribution in [1.29, 1.82) is 0 Å². The van der Waals surface area contributed by atoms with E-state index in [0.717, 1.165) is 39.7 Å². The van der Waals surface area contributed by atoms with E-state index < -0.39 is 0 Å². The Morgan fingerprint density at radius 2 is 2.03 bits per heavy atom. The first-order chi connectivity index (χ1) is 16.4. The van der Waals surface area contributed by atoms with Gasteiger partial charge in [0.2, 0.25) is 0 Å². The normalized spacial score (nSPS) is 16.2. The van der Waals surface area contributed by atoms with E-state index in [2.05, 4.69) is 15.3 Å². The van der Waals surface area contributed by atoms with Crippen molar-refractivity contribution in [2.75, 3.05) is 13.1 Å². The molecule has 4 heterocycles. The molecule has 5 rings (SSSR count). The summed E-state index contributed by atoms with van der Waals surface area (Å²) in [6.07, 6.45) is 4.62. The summed E-state index contributed by atoms with van der Waals surface area (Å²) in [5, 5.41) is 6.37. The van der Waals surface area contributed by atoms with E-state index in [9.17, 15) is 9.59 Å². The van der Waals surface area contributed by atoms with Gasteiger partial charge >= 0.3 is 0 Å². The molecule has 34 heavy (non-hydrogen) atoms. The molecule has 3 aromatic heterocycles. The van der Waals surface area contributed by atoms with E-state index in [1.165, 1.54) is 22.7 Å². The van der Waals surface area contributed by atoms with Crippen LogP contribution in [0.2, 0.25) is 5.02 Å². The number of piperidine rings is 1. The zero-order valence-electron chi connectivity index (χ0n) is 18.9. The van der Waals surface area contributed by atoms with E-state index in [1.807, 2.05) is 59.0 Å². The molecule has 4 aromatic rings. The molecule has 176 valence electrons. The maximum atomic E-state index is 13.7. The number of nitrogens with zero attached hydrogens (tertiary/aromatic N) is 4. The van der Waals surface area contributed by atoms with E-state index in [4.69, 9.17) is 11.6 Å². The second kappa shape index (κ2) is 9.48. The standard InChI is InChI=1S/C24H24ClN5O2S2/c1-14-20(30-11-12-33-24(30)27-14)22(31)26-13-16-7-5-6-10-29(16)23(32)19-21(34-15(2)28-19)17-8-3-4-9-18(17)25/h3-4,8-9,11-12,16H,5-7,10,13H2,1-2H3,(H,26,31)/t16-/m0/s1. The molecule has 1 aromatic carbocycles. The topological polar surface area (TPSA) is 79.6 Å². The van der Waals surface area contributed by atoms with Crippen molar-refractivity contribution in [3.63, 3.8) is 0 Å². The van der Waals surface area contributed by atoms with Gasteiger partial charge in [-0.3, -0.25) is 14.0 Å². The highest BCUT2D eigenvalue weighted by Gasteiger charge is 2.32.